The van der Waals surface area contributed by atoms with Crippen LogP contribution in [0, 0.1) is 17.3 Å². The molecule has 0 bridgehead atoms. The van der Waals surface area contributed by atoms with Gasteiger partial charge in [-0.3, -0.25) is 9.59 Å². The van der Waals surface area contributed by atoms with Crippen molar-refractivity contribution >= 4 is 11.8 Å². The fourth-order valence-electron chi connectivity index (χ4n) is 4.45. The second-order valence-electron chi connectivity index (χ2n) is 8.26. The molecule has 0 aromatic rings. The molecule has 0 unspecified atom stereocenters. The maximum Gasteiger partial charge on any atom is 0.303 e. The smallest absolute Gasteiger partial charge is 0.303 e. The molecule has 25 heavy (non-hydrogen) atoms. The average Bonchev–Trinajstić information content (AvgIpc) is 2.73. The number of fused-ring (bicyclic) bond motifs is 1. The van der Waals surface area contributed by atoms with Gasteiger partial charge in [0.1, 0.15) is 11.9 Å². The molecule has 0 amide bonds. The van der Waals surface area contributed by atoms with Crippen LogP contribution >= 0.6 is 0 Å². The molecule has 1 saturated carbocycles. The largest absolute Gasteiger partial charge is 0.458 e. The lowest BCUT2D eigenvalue weighted by atomic mass is 9.70. The van der Waals surface area contributed by atoms with E-state index in [1.165, 1.54) is 18.1 Å². The monoisotopic (exact) mass is 344 g/mol. The number of carbonyl (C=O) groups is 2. The fraction of sp³-hybridized carbons (Fsp3) is 0.636. The van der Waals surface area contributed by atoms with Crippen molar-refractivity contribution in [3.63, 3.8) is 0 Å². The van der Waals surface area contributed by atoms with Crippen LogP contribution in [0.1, 0.15) is 66.7 Å². The minimum Gasteiger partial charge on any atom is -0.458 e. The molecule has 3 nitrogen and oxygen atoms in total. The number of hydrogen-bond donors (Lipinski definition) is 0. The summed E-state index contributed by atoms with van der Waals surface area (Å²) in [7, 11) is 0. The van der Waals surface area contributed by atoms with Gasteiger partial charge < -0.3 is 4.74 Å². The quantitative estimate of drug-likeness (QED) is 0.512. The third kappa shape index (κ3) is 4.50. The second-order valence-corrected chi connectivity index (χ2v) is 8.26. The molecule has 0 heterocycles. The highest BCUT2D eigenvalue weighted by Crippen LogP contribution is 2.51. The van der Waals surface area contributed by atoms with Gasteiger partial charge in [0.15, 0.2) is 0 Å². The van der Waals surface area contributed by atoms with Gasteiger partial charge in [-0.1, -0.05) is 36.3 Å². The number of carbonyl (C=O) groups excluding carboxylic acids is 2. The summed E-state index contributed by atoms with van der Waals surface area (Å²) in [4.78, 5) is 24.2. The molecule has 2 aliphatic rings. The Kier molecular flexibility index (Phi) is 6.08. The van der Waals surface area contributed by atoms with E-state index in [-0.39, 0.29) is 23.4 Å². The summed E-state index contributed by atoms with van der Waals surface area (Å²) in [5.41, 5.74) is 3.20. The van der Waals surface area contributed by atoms with E-state index in [4.69, 9.17) is 4.74 Å². The van der Waals surface area contributed by atoms with Crippen molar-refractivity contribution in [3.8, 4) is 0 Å². The molecule has 1 fully saturated rings. The van der Waals surface area contributed by atoms with E-state index in [1.54, 1.807) is 0 Å². The summed E-state index contributed by atoms with van der Waals surface area (Å²) in [6.45, 7) is 13.9. The molecule has 2 rings (SSSR count). The zero-order valence-electron chi connectivity index (χ0n) is 16.4. The normalized spacial score (nSPS) is 37.8. The lowest BCUT2D eigenvalue weighted by molar-refractivity contribution is -0.144. The van der Waals surface area contributed by atoms with Crippen LogP contribution in [0.4, 0.5) is 0 Å². The number of Topliss-reactive ketones (excluding diaryl/α,β-unsaturated/α-hetero) is 1. The van der Waals surface area contributed by atoms with Crippen LogP contribution in [0.2, 0.25) is 0 Å². The fourth-order valence-corrected chi connectivity index (χ4v) is 4.45. The first kappa shape index (κ1) is 19.7. The van der Waals surface area contributed by atoms with Crippen molar-refractivity contribution in [1.82, 2.24) is 0 Å². The Balaban J connectivity index is 2.36. The second kappa shape index (κ2) is 7.72. The van der Waals surface area contributed by atoms with E-state index >= 15 is 0 Å². The van der Waals surface area contributed by atoms with E-state index in [1.807, 2.05) is 0 Å². The van der Waals surface area contributed by atoms with E-state index in [9.17, 15) is 9.59 Å². The lowest BCUT2D eigenvalue weighted by Crippen LogP contribution is -2.30. The maximum absolute atomic E-state index is 12.8. The predicted molar refractivity (Wildman–Crippen MR) is 101 cm³/mol. The highest BCUT2D eigenvalue weighted by molar-refractivity contribution is 5.88. The van der Waals surface area contributed by atoms with E-state index < -0.39 is 0 Å². The molecule has 138 valence electrons. The summed E-state index contributed by atoms with van der Waals surface area (Å²) in [6, 6.07) is 0. The predicted octanol–water partition coefficient (Wildman–Crippen LogP) is 5.17. The maximum atomic E-state index is 12.8. The van der Waals surface area contributed by atoms with E-state index in [2.05, 4.69) is 46.4 Å². The van der Waals surface area contributed by atoms with Gasteiger partial charge in [0.2, 0.25) is 0 Å². The Labute approximate surface area is 152 Å². The first-order valence-electron chi connectivity index (χ1n) is 9.32. The van der Waals surface area contributed by atoms with Gasteiger partial charge in [0, 0.05) is 25.2 Å². The first-order chi connectivity index (χ1) is 11.6. The molecule has 2 aliphatic carbocycles. The summed E-state index contributed by atoms with van der Waals surface area (Å²) >= 11 is 0. The van der Waals surface area contributed by atoms with Gasteiger partial charge in [0.25, 0.3) is 0 Å². The van der Waals surface area contributed by atoms with Gasteiger partial charge in [-0.15, -0.1) is 0 Å². The van der Waals surface area contributed by atoms with Crippen LogP contribution in [0.5, 0.6) is 0 Å². The Bertz CT molecular complexity index is 625. The van der Waals surface area contributed by atoms with E-state index in [0.29, 0.717) is 24.5 Å². The Morgan fingerprint density at radius 3 is 2.52 bits per heavy atom. The molecule has 0 aliphatic heterocycles. The van der Waals surface area contributed by atoms with Gasteiger partial charge in [-0.05, 0) is 57.9 Å². The molecule has 4 atom stereocenters. The number of esters is 1. The van der Waals surface area contributed by atoms with Crippen LogP contribution in [0.15, 0.2) is 35.5 Å². The first-order valence-corrected chi connectivity index (χ1v) is 9.32. The van der Waals surface area contributed by atoms with Gasteiger partial charge in [0.05, 0.1) is 0 Å². The van der Waals surface area contributed by atoms with Crippen molar-refractivity contribution in [2.24, 2.45) is 17.3 Å². The standard InChI is InChI=1S/C22H32O3/c1-14(2)19-13-21(24)22(6)10-9-16(4)12-18(25-17(5)23)11-15(3)7-8-20(19)22/h9,11,18-20H,1,7-8,10,12-13H2,2-6H3/b15-11+,16-9+/t18-,19+,20-,22+/m0/s1. The van der Waals surface area contributed by atoms with Gasteiger partial charge >= 0.3 is 5.97 Å². The van der Waals surface area contributed by atoms with Crippen LogP contribution in [0.3, 0.4) is 0 Å². The van der Waals surface area contributed by atoms with Crippen molar-refractivity contribution < 1.29 is 14.3 Å². The minimum absolute atomic E-state index is 0.216. The highest BCUT2D eigenvalue weighted by Gasteiger charge is 2.50. The van der Waals surface area contributed by atoms with Crippen LogP contribution < -0.4 is 0 Å². The summed E-state index contributed by atoms with van der Waals surface area (Å²) in [5, 5.41) is 0. The SMILES string of the molecule is C=C(C)[C@H]1CC(=O)[C@]2(C)C/C=C(\C)C[C@@H](OC(C)=O)/C=C(\C)CC[C@@H]12. The molecule has 0 saturated heterocycles. The molecule has 0 spiro atoms. The molecule has 0 N–H and O–H groups in total. The van der Waals surface area contributed by atoms with Crippen LogP contribution in [0.25, 0.3) is 0 Å². The number of rotatable bonds is 2. The summed E-state index contributed by atoms with van der Waals surface area (Å²) < 4.78 is 5.47. The lowest BCUT2D eigenvalue weighted by Gasteiger charge is -2.32. The van der Waals surface area contributed by atoms with Crippen molar-refractivity contribution in [3.05, 3.63) is 35.5 Å². The minimum atomic E-state index is -0.313. The number of hydrogen-bond acceptors (Lipinski definition) is 3. The van der Waals surface area contributed by atoms with Crippen molar-refractivity contribution in [2.45, 2.75) is 72.8 Å². The molecular weight excluding hydrogens is 312 g/mol. The van der Waals surface area contributed by atoms with E-state index in [0.717, 1.165) is 24.8 Å². The third-order valence-corrected chi connectivity index (χ3v) is 6.01. The summed E-state index contributed by atoms with van der Waals surface area (Å²) in [6.07, 6.45) is 8.02. The van der Waals surface area contributed by atoms with Gasteiger partial charge in [-0.2, -0.15) is 0 Å². The van der Waals surface area contributed by atoms with Gasteiger partial charge in [-0.25, -0.2) is 0 Å². The third-order valence-electron chi connectivity index (χ3n) is 6.01. The topological polar surface area (TPSA) is 43.4 Å². The molecule has 0 aromatic carbocycles. The number of ether oxygens (including phenoxy) is 1. The average molecular weight is 344 g/mol. The zero-order valence-corrected chi connectivity index (χ0v) is 16.4. The Morgan fingerprint density at radius 2 is 1.92 bits per heavy atom. The summed E-state index contributed by atoms with van der Waals surface area (Å²) in [5.74, 6) is 0.726. The number of allylic oxidation sites excluding steroid dienone is 3. The highest BCUT2D eigenvalue weighted by atomic mass is 16.5. The van der Waals surface area contributed by atoms with Crippen LogP contribution in [-0.2, 0) is 14.3 Å². The van der Waals surface area contributed by atoms with Crippen LogP contribution in [-0.4, -0.2) is 17.9 Å². The molecule has 3 heteroatoms. The molecule has 0 aromatic heterocycles. The number of ketones is 1. The Morgan fingerprint density at radius 1 is 1.24 bits per heavy atom. The van der Waals surface area contributed by atoms with Crippen molar-refractivity contribution in [1.29, 1.82) is 0 Å². The molecular formula is C22H32O3. The Hall–Kier alpha value is -1.64. The molecule has 0 radical (unpaired) electrons. The zero-order chi connectivity index (χ0) is 18.8. The van der Waals surface area contributed by atoms with Crippen molar-refractivity contribution in [2.75, 3.05) is 0 Å².